The standard InChI is InChI=1S/C29H34ClFN4O2/c1-19-32-26-4-2-3-5-27(26)35(19)23-17-21-7-8-22(18-23)34(21)15-12-29(10-13-33(14-11-29)28(36)37)20-6-9-25(31)24(30)16-20/h2-6,9,16,21-23H,7-8,10-15,17-18H2,1H3,(H,36,37)/t21-,22+,23?. The van der Waals surface area contributed by atoms with Crippen LogP contribution in [0.2, 0.25) is 5.02 Å². The molecule has 0 saturated carbocycles. The highest BCUT2D eigenvalue weighted by Crippen LogP contribution is 2.45. The SMILES string of the molecule is Cc1nc2ccccc2n1C1C[C@H]2CC[C@@H](C1)N2CCC1(c2ccc(F)c(Cl)c2)CCN(C(=O)O)CC1. The number of rotatable bonds is 5. The normalized spacial score (nSPS) is 25.6. The number of likely N-dealkylation sites (tertiary alicyclic amines) is 1. The first-order chi connectivity index (χ1) is 17.8. The largest absolute Gasteiger partial charge is 0.465 e. The summed E-state index contributed by atoms with van der Waals surface area (Å²) in [4.78, 5) is 20.6. The van der Waals surface area contributed by atoms with E-state index in [9.17, 15) is 14.3 Å². The number of halogens is 2. The molecule has 8 heteroatoms. The molecule has 0 spiro atoms. The molecule has 2 bridgehead atoms. The number of hydrogen-bond donors (Lipinski definition) is 1. The van der Waals surface area contributed by atoms with E-state index in [-0.39, 0.29) is 10.4 Å². The minimum Gasteiger partial charge on any atom is -0.465 e. The van der Waals surface area contributed by atoms with Gasteiger partial charge in [0.05, 0.1) is 16.1 Å². The highest BCUT2D eigenvalue weighted by molar-refractivity contribution is 6.30. The van der Waals surface area contributed by atoms with Gasteiger partial charge in [-0.05, 0) is 93.7 Å². The Kier molecular flexibility index (Phi) is 6.40. The fraction of sp³-hybridized carbons (Fsp3) is 0.517. The molecule has 1 N–H and O–H groups in total. The minimum absolute atomic E-state index is 0.140. The van der Waals surface area contributed by atoms with Gasteiger partial charge in [-0.25, -0.2) is 14.2 Å². The van der Waals surface area contributed by atoms with Crippen molar-refractivity contribution in [2.45, 2.75) is 75.4 Å². The maximum Gasteiger partial charge on any atom is 0.407 e. The zero-order chi connectivity index (χ0) is 25.7. The minimum atomic E-state index is -0.867. The number of nitrogens with zero attached hydrogens (tertiary/aromatic N) is 4. The highest BCUT2D eigenvalue weighted by atomic mass is 35.5. The molecule has 2 aromatic carbocycles. The summed E-state index contributed by atoms with van der Waals surface area (Å²) >= 11 is 6.20. The van der Waals surface area contributed by atoms with Gasteiger partial charge in [0.15, 0.2) is 0 Å². The maximum atomic E-state index is 14.0. The molecule has 6 rings (SSSR count). The molecule has 1 unspecified atom stereocenters. The van der Waals surface area contributed by atoms with E-state index in [2.05, 4.69) is 40.7 Å². The molecule has 3 fully saturated rings. The fourth-order valence-corrected chi connectivity index (χ4v) is 7.61. The zero-order valence-corrected chi connectivity index (χ0v) is 22.0. The second-order valence-corrected chi connectivity index (χ2v) is 11.6. The number of aryl methyl sites for hydroxylation is 1. The number of piperidine rings is 2. The first-order valence-corrected chi connectivity index (χ1v) is 13.9. The molecule has 1 amide bonds. The van der Waals surface area contributed by atoms with E-state index in [0.717, 1.165) is 55.6 Å². The quantitative estimate of drug-likeness (QED) is 0.419. The van der Waals surface area contributed by atoms with E-state index in [1.54, 1.807) is 6.07 Å². The van der Waals surface area contributed by atoms with Crippen molar-refractivity contribution in [3.63, 3.8) is 0 Å². The maximum absolute atomic E-state index is 14.0. The summed E-state index contributed by atoms with van der Waals surface area (Å²) in [7, 11) is 0. The van der Waals surface area contributed by atoms with Crippen molar-refractivity contribution >= 4 is 28.7 Å². The van der Waals surface area contributed by atoms with Crippen molar-refractivity contribution < 1.29 is 14.3 Å². The van der Waals surface area contributed by atoms with Gasteiger partial charge in [0.2, 0.25) is 0 Å². The predicted molar refractivity (Wildman–Crippen MR) is 143 cm³/mol. The van der Waals surface area contributed by atoms with E-state index >= 15 is 0 Å². The zero-order valence-electron chi connectivity index (χ0n) is 21.2. The van der Waals surface area contributed by atoms with Gasteiger partial charge in [-0.2, -0.15) is 0 Å². The van der Waals surface area contributed by atoms with E-state index < -0.39 is 11.9 Å². The van der Waals surface area contributed by atoms with Crippen LogP contribution in [-0.4, -0.2) is 62.3 Å². The lowest BCUT2D eigenvalue weighted by molar-refractivity contribution is 0.0800. The van der Waals surface area contributed by atoms with Gasteiger partial charge in [-0.3, -0.25) is 4.90 Å². The smallest absolute Gasteiger partial charge is 0.407 e. The lowest BCUT2D eigenvalue weighted by atomic mass is 9.70. The average Bonchev–Trinajstić information content (AvgIpc) is 3.35. The van der Waals surface area contributed by atoms with E-state index in [4.69, 9.17) is 16.6 Å². The van der Waals surface area contributed by atoms with Crippen LogP contribution < -0.4 is 0 Å². The van der Waals surface area contributed by atoms with Crippen molar-refractivity contribution in [2.75, 3.05) is 19.6 Å². The van der Waals surface area contributed by atoms with Crippen LogP contribution in [0.1, 0.15) is 62.4 Å². The Labute approximate surface area is 222 Å². The number of fused-ring (bicyclic) bond motifs is 3. The third-order valence-electron chi connectivity index (χ3n) is 9.37. The lowest BCUT2D eigenvalue weighted by Crippen LogP contribution is -2.48. The van der Waals surface area contributed by atoms with E-state index in [1.165, 1.54) is 29.3 Å². The second kappa shape index (κ2) is 9.59. The van der Waals surface area contributed by atoms with Crippen LogP contribution in [0.15, 0.2) is 42.5 Å². The summed E-state index contributed by atoms with van der Waals surface area (Å²) in [5.41, 5.74) is 3.14. The predicted octanol–water partition coefficient (Wildman–Crippen LogP) is 6.41. The Bertz CT molecular complexity index is 1300. The van der Waals surface area contributed by atoms with Crippen molar-refractivity contribution in [2.24, 2.45) is 0 Å². The fourth-order valence-electron chi connectivity index (χ4n) is 7.43. The van der Waals surface area contributed by atoms with Crippen molar-refractivity contribution in [3.8, 4) is 0 Å². The van der Waals surface area contributed by atoms with Crippen molar-refractivity contribution in [3.05, 3.63) is 64.7 Å². The molecule has 3 atom stereocenters. The molecule has 6 nitrogen and oxygen atoms in total. The Balaban J connectivity index is 1.21. The van der Waals surface area contributed by atoms with Gasteiger partial charge in [0, 0.05) is 31.2 Å². The molecular formula is C29H34ClFN4O2. The molecule has 1 aromatic heterocycles. The van der Waals surface area contributed by atoms with Crippen LogP contribution in [0.5, 0.6) is 0 Å². The average molecular weight is 525 g/mol. The summed E-state index contributed by atoms with van der Waals surface area (Å²) in [6.07, 6.45) is 6.20. The van der Waals surface area contributed by atoms with Gasteiger partial charge in [0.1, 0.15) is 11.6 Å². The third-order valence-corrected chi connectivity index (χ3v) is 9.66. The molecular weight excluding hydrogens is 491 g/mol. The van der Waals surface area contributed by atoms with Gasteiger partial charge in [-0.1, -0.05) is 29.8 Å². The Morgan fingerprint density at radius 1 is 1.11 bits per heavy atom. The Morgan fingerprint density at radius 3 is 2.49 bits per heavy atom. The van der Waals surface area contributed by atoms with Crippen LogP contribution in [0.4, 0.5) is 9.18 Å². The van der Waals surface area contributed by atoms with Crippen LogP contribution in [-0.2, 0) is 5.41 Å². The van der Waals surface area contributed by atoms with Gasteiger partial charge in [-0.15, -0.1) is 0 Å². The first-order valence-electron chi connectivity index (χ1n) is 13.5. The van der Waals surface area contributed by atoms with Crippen LogP contribution >= 0.6 is 11.6 Å². The molecule has 37 heavy (non-hydrogen) atoms. The highest BCUT2D eigenvalue weighted by Gasteiger charge is 2.44. The number of imidazole rings is 1. The monoisotopic (exact) mass is 524 g/mol. The summed E-state index contributed by atoms with van der Waals surface area (Å²) < 4.78 is 16.5. The first kappa shape index (κ1) is 24.7. The summed E-state index contributed by atoms with van der Waals surface area (Å²) in [5, 5.41) is 9.64. The van der Waals surface area contributed by atoms with Gasteiger partial charge in [0.25, 0.3) is 0 Å². The number of carbonyl (C=O) groups is 1. The molecule has 3 aliphatic heterocycles. The topological polar surface area (TPSA) is 61.6 Å². The molecule has 3 aromatic rings. The molecule has 4 heterocycles. The van der Waals surface area contributed by atoms with Crippen LogP contribution in [0.25, 0.3) is 11.0 Å². The Morgan fingerprint density at radius 2 is 1.81 bits per heavy atom. The number of hydrogen-bond acceptors (Lipinski definition) is 3. The number of carboxylic acid groups (broad SMARTS) is 1. The molecule has 0 aliphatic carbocycles. The number of amides is 1. The third kappa shape index (κ3) is 4.40. The molecule has 3 aliphatic rings. The van der Waals surface area contributed by atoms with Crippen molar-refractivity contribution in [1.29, 1.82) is 0 Å². The lowest BCUT2D eigenvalue weighted by Gasteiger charge is -2.45. The summed E-state index contributed by atoms with van der Waals surface area (Å²) in [5.74, 6) is 0.683. The Hall–Kier alpha value is -2.64. The van der Waals surface area contributed by atoms with Crippen molar-refractivity contribution in [1.82, 2.24) is 19.4 Å². The number of para-hydroxylation sites is 2. The van der Waals surface area contributed by atoms with Crippen LogP contribution in [0.3, 0.4) is 0 Å². The summed E-state index contributed by atoms with van der Waals surface area (Å²) in [6, 6.07) is 15.0. The van der Waals surface area contributed by atoms with Gasteiger partial charge < -0.3 is 14.6 Å². The van der Waals surface area contributed by atoms with Gasteiger partial charge >= 0.3 is 6.09 Å². The number of benzene rings is 2. The molecule has 3 saturated heterocycles. The molecule has 196 valence electrons. The second-order valence-electron chi connectivity index (χ2n) is 11.2. The number of aromatic nitrogens is 2. The van der Waals surface area contributed by atoms with E-state index in [1.807, 2.05) is 6.07 Å². The summed E-state index contributed by atoms with van der Waals surface area (Å²) in [6.45, 7) is 4.07. The van der Waals surface area contributed by atoms with Crippen LogP contribution in [0, 0.1) is 12.7 Å². The van der Waals surface area contributed by atoms with E-state index in [0.29, 0.717) is 31.2 Å². The molecule has 0 radical (unpaired) electrons.